The summed E-state index contributed by atoms with van der Waals surface area (Å²) in [6, 6.07) is 8.07. The Kier molecular flexibility index (Phi) is 3.87. The number of nitrogens with one attached hydrogen (secondary N) is 1. The van der Waals surface area contributed by atoms with Crippen LogP contribution in [0, 0.1) is 0 Å². The van der Waals surface area contributed by atoms with Crippen LogP contribution in [-0.4, -0.2) is 18.0 Å². The molecule has 0 saturated carbocycles. The number of nitrogens with two attached hydrogens (primary N) is 1. The summed E-state index contributed by atoms with van der Waals surface area (Å²) < 4.78 is 4.93. The molecule has 5 nitrogen and oxygen atoms in total. The molecule has 0 aliphatic heterocycles. The summed E-state index contributed by atoms with van der Waals surface area (Å²) in [6.07, 6.45) is 1.50. The van der Waals surface area contributed by atoms with E-state index in [9.17, 15) is 4.79 Å². The molecule has 1 aromatic carbocycles. The Morgan fingerprint density at radius 1 is 1.37 bits per heavy atom. The number of benzene rings is 1. The highest BCUT2D eigenvalue weighted by molar-refractivity contribution is 6.31. The van der Waals surface area contributed by atoms with Crippen LogP contribution in [0.1, 0.15) is 10.4 Å². The first kappa shape index (κ1) is 13.2. The van der Waals surface area contributed by atoms with Gasteiger partial charge in [0.25, 0.3) is 5.91 Å². The van der Waals surface area contributed by atoms with E-state index in [0.29, 0.717) is 27.8 Å². The number of carbonyl (C=O) groups excluding carboxylic acids is 1. The molecule has 0 radical (unpaired) electrons. The van der Waals surface area contributed by atoms with Gasteiger partial charge >= 0.3 is 0 Å². The highest BCUT2D eigenvalue weighted by Gasteiger charge is 2.10. The lowest BCUT2D eigenvalue weighted by Gasteiger charge is -2.08. The van der Waals surface area contributed by atoms with E-state index in [1.165, 1.54) is 19.4 Å². The Hall–Kier alpha value is -2.27. The van der Waals surface area contributed by atoms with E-state index in [0.717, 1.165) is 0 Å². The number of hydrogen-bond acceptors (Lipinski definition) is 4. The molecule has 19 heavy (non-hydrogen) atoms. The summed E-state index contributed by atoms with van der Waals surface area (Å²) in [6.45, 7) is 0. The molecule has 1 aromatic heterocycles. The standard InChI is InChI=1S/C13H12ClN3O2/c1-19-12-5-3-9(7-16-12)17-13(18)10-6-8(14)2-4-11(10)15/h2-7H,15H2,1H3,(H,17,18). The summed E-state index contributed by atoms with van der Waals surface area (Å²) in [4.78, 5) is 16.0. The normalized spacial score (nSPS) is 10.0. The number of halogens is 1. The summed E-state index contributed by atoms with van der Waals surface area (Å²) in [7, 11) is 1.52. The molecule has 0 unspecified atom stereocenters. The van der Waals surface area contributed by atoms with Crippen molar-refractivity contribution in [3.05, 3.63) is 47.1 Å². The van der Waals surface area contributed by atoms with Crippen LogP contribution in [0.3, 0.4) is 0 Å². The molecule has 0 aliphatic carbocycles. The number of carbonyl (C=O) groups is 1. The summed E-state index contributed by atoms with van der Waals surface area (Å²) >= 11 is 5.84. The van der Waals surface area contributed by atoms with E-state index in [1.807, 2.05) is 0 Å². The maximum Gasteiger partial charge on any atom is 0.257 e. The van der Waals surface area contributed by atoms with Gasteiger partial charge in [-0.15, -0.1) is 0 Å². The molecule has 98 valence electrons. The SMILES string of the molecule is COc1ccc(NC(=O)c2cc(Cl)ccc2N)cn1. The fraction of sp³-hybridized carbons (Fsp3) is 0.0769. The van der Waals surface area contributed by atoms with Crippen molar-refractivity contribution in [3.63, 3.8) is 0 Å². The largest absolute Gasteiger partial charge is 0.481 e. The van der Waals surface area contributed by atoms with Crippen molar-refractivity contribution in [1.82, 2.24) is 4.98 Å². The molecule has 1 heterocycles. The van der Waals surface area contributed by atoms with E-state index < -0.39 is 0 Å². The summed E-state index contributed by atoms with van der Waals surface area (Å²) in [5.41, 5.74) is 6.97. The van der Waals surface area contributed by atoms with Crippen molar-refractivity contribution in [3.8, 4) is 5.88 Å². The monoisotopic (exact) mass is 277 g/mol. The van der Waals surface area contributed by atoms with Crippen LogP contribution in [-0.2, 0) is 0 Å². The minimum atomic E-state index is -0.341. The number of aromatic nitrogens is 1. The van der Waals surface area contributed by atoms with Gasteiger partial charge in [-0.1, -0.05) is 11.6 Å². The van der Waals surface area contributed by atoms with Gasteiger partial charge in [0.05, 0.1) is 24.6 Å². The van der Waals surface area contributed by atoms with Crippen molar-refractivity contribution < 1.29 is 9.53 Å². The third-order valence-corrected chi connectivity index (χ3v) is 2.70. The van der Waals surface area contributed by atoms with Crippen LogP contribution in [0.25, 0.3) is 0 Å². The number of pyridine rings is 1. The molecule has 0 atom stereocenters. The molecule has 1 amide bonds. The lowest BCUT2D eigenvalue weighted by Crippen LogP contribution is -2.14. The first-order chi connectivity index (χ1) is 9.10. The number of nitrogen functional groups attached to an aromatic ring is 1. The number of ether oxygens (including phenoxy) is 1. The van der Waals surface area contributed by atoms with E-state index in [1.54, 1.807) is 24.3 Å². The van der Waals surface area contributed by atoms with Gasteiger partial charge in [-0.05, 0) is 24.3 Å². The van der Waals surface area contributed by atoms with E-state index >= 15 is 0 Å². The second-order valence-electron chi connectivity index (χ2n) is 3.77. The first-order valence-corrected chi connectivity index (χ1v) is 5.84. The van der Waals surface area contributed by atoms with Gasteiger partial charge in [0, 0.05) is 16.8 Å². The smallest absolute Gasteiger partial charge is 0.257 e. The zero-order valence-electron chi connectivity index (χ0n) is 10.2. The lowest BCUT2D eigenvalue weighted by atomic mass is 10.1. The Morgan fingerprint density at radius 2 is 2.16 bits per heavy atom. The topological polar surface area (TPSA) is 77.2 Å². The number of anilines is 2. The Morgan fingerprint density at radius 3 is 2.79 bits per heavy atom. The van der Waals surface area contributed by atoms with Crippen molar-refractivity contribution in [2.75, 3.05) is 18.2 Å². The molecular formula is C13H12ClN3O2. The molecule has 2 aromatic rings. The highest BCUT2D eigenvalue weighted by atomic mass is 35.5. The van der Waals surface area contributed by atoms with Crippen LogP contribution >= 0.6 is 11.6 Å². The summed E-state index contributed by atoms with van der Waals surface area (Å²) in [5, 5.41) is 3.13. The number of amides is 1. The molecule has 0 spiro atoms. The number of methoxy groups -OCH3 is 1. The number of hydrogen-bond donors (Lipinski definition) is 2. The predicted octanol–water partition coefficient (Wildman–Crippen LogP) is 2.58. The van der Waals surface area contributed by atoms with Crippen molar-refractivity contribution in [1.29, 1.82) is 0 Å². The van der Waals surface area contributed by atoms with Crippen molar-refractivity contribution in [2.24, 2.45) is 0 Å². The lowest BCUT2D eigenvalue weighted by molar-refractivity contribution is 0.102. The molecule has 0 bridgehead atoms. The molecule has 6 heteroatoms. The minimum absolute atomic E-state index is 0.323. The number of nitrogens with zero attached hydrogens (tertiary/aromatic N) is 1. The Balaban J connectivity index is 2.18. The summed E-state index contributed by atoms with van der Waals surface area (Å²) in [5.74, 6) is 0.132. The zero-order valence-corrected chi connectivity index (χ0v) is 10.9. The van der Waals surface area contributed by atoms with Crippen LogP contribution in [0.4, 0.5) is 11.4 Å². The van der Waals surface area contributed by atoms with Crippen molar-refractivity contribution >= 4 is 28.9 Å². The van der Waals surface area contributed by atoms with Crippen molar-refractivity contribution in [2.45, 2.75) is 0 Å². The molecule has 0 saturated heterocycles. The zero-order chi connectivity index (χ0) is 13.8. The number of rotatable bonds is 3. The fourth-order valence-electron chi connectivity index (χ4n) is 1.50. The van der Waals surface area contributed by atoms with Crippen LogP contribution in [0.5, 0.6) is 5.88 Å². The van der Waals surface area contributed by atoms with Crippen LogP contribution in [0.15, 0.2) is 36.5 Å². The van der Waals surface area contributed by atoms with Crippen LogP contribution < -0.4 is 15.8 Å². The second kappa shape index (κ2) is 5.58. The van der Waals surface area contributed by atoms with E-state index in [4.69, 9.17) is 22.1 Å². The third kappa shape index (κ3) is 3.14. The van der Waals surface area contributed by atoms with Gasteiger partial charge in [0.1, 0.15) is 0 Å². The van der Waals surface area contributed by atoms with Gasteiger partial charge in [-0.2, -0.15) is 0 Å². The van der Waals surface area contributed by atoms with E-state index in [2.05, 4.69) is 10.3 Å². The molecule has 2 rings (SSSR count). The predicted molar refractivity (Wildman–Crippen MR) is 74.6 cm³/mol. The van der Waals surface area contributed by atoms with Gasteiger partial charge < -0.3 is 15.8 Å². The first-order valence-electron chi connectivity index (χ1n) is 5.46. The molecule has 3 N–H and O–H groups in total. The van der Waals surface area contributed by atoms with Gasteiger partial charge in [0.2, 0.25) is 5.88 Å². The van der Waals surface area contributed by atoms with E-state index in [-0.39, 0.29) is 5.91 Å². The quantitative estimate of drug-likeness (QED) is 0.846. The van der Waals surface area contributed by atoms with Crippen LogP contribution in [0.2, 0.25) is 5.02 Å². The molecular weight excluding hydrogens is 266 g/mol. The second-order valence-corrected chi connectivity index (χ2v) is 4.21. The van der Waals surface area contributed by atoms with Gasteiger partial charge in [0.15, 0.2) is 0 Å². The minimum Gasteiger partial charge on any atom is -0.481 e. The van der Waals surface area contributed by atoms with Gasteiger partial charge in [-0.25, -0.2) is 4.98 Å². The molecule has 0 aliphatic rings. The Bertz CT molecular complexity index is 599. The molecule has 0 fully saturated rings. The average Bonchev–Trinajstić information content (AvgIpc) is 2.42. The highest BCUT2D eigenvalue weighted by Crippen LogP contribution is 2.19. The van der Waals surface area contributed by atoms with Gasteiger partial charge in [-0.3, -0.25) is 4.79 Å². The maximum absolute atomic E-state index is 12.0. The average molecular weight is 278 g/mol. The Labute approximate surface area is 115 Å². The maximum atomic E-state index is 12.0. The third-order valence-electron chi connectivity index (χ3n) is 2.46. The fourth-order valence-corrected chi connectivity index (χ4v) is 1.67.